The lowest BCUT2D eigenvalue weighted by molar-refractivity contribution is -0.133. The van der Waals surface area contributed by atoms with Crippen LogP contribution in [0.4, 0.5) is 0 Å². The number of rotatable bonds is 5. The molecule has 0 aromatic carbocycles. The number of nitrogens with one attached hydrogen (secondary N) is 1. The molecule has 0 aromatic rings. The molecule has 1 amide bonds. The Hall–Kier alpha value is -0.570. The Morgan fingerprint density at radius 3 is 2.19 bits per heavy atom. The molecular formula is C18H34N2O. The third kappa shape index (κ3) is 4.21. The Morgan fingerprint density at radius 1 is 1.14 bits per heavy atom. The second-order valence-electron chi connectivity index (χ2n) is 7.89. The zero-order valence-electron chi connectivity index (χ0n) is 14.5. The third-order valence-corrected chi connectivity index (χ3v) is 6.11. The van der Waals surface area contributed by atoms with Crippen LogP contribution in [0.25, 0.3) is 0 Å². The molecule has 2 aliphatic rings. The van der Waals surface area contributed by atoms with Gasteiger partial charge >= 0.3 is 0 Å². The Kier molecular flexibility index (Phi) is 5.70. The molecule has 0 aromatic heterocycles. The van der Waals surface area contributed by atoms with Crippen LogP contribution >= 0.6 is 0 Å². The maximum Gasteiger partial charge on any atom is 0.219 e. The van der Waals surface area contributed by atoms with Crippen LogP contribution in [-0.4, -0.2) is 36.5 Å². The van der Waals surface area contributed by atoms with Gasteiger partial charge in [0.15, 0.2) is 0 Å². The van der Waals surface area contributed by atoms with E-state index >= 15 is 0 Å². The minimum Gasteiger partial charge on any atom is -0.341 e. The molecule has 1 atom stereocenters. The molecule has 1 N–H and O–H groups in total. The molecule has 0 bridgehead atoms. The van der Waals surface area contributed by atoms with Crippen molar-refractivity contribution >= 4 is 5.91 Å². The summed E-state index contributed by atoms with van der Waals surface area (Å²) in [7, 11) is 1.97. The predicted octanol–water partition coefficient (Wildman–Crippen LogP) is 3.44. The first-order valence-corrected chi connectivity index (χ1v) is 8.87. The van der Waals surface area contributed by atoms with Crippen LogP contribution in [0.1, 0.15) is 65.7 Å². The van der Waals surface area contributed by atoms with Crippen LogP contribution in [0, 0.1) is 17.8 Å². The topological polar surface area (TPSA) is 32.3 Å². The van der Waals surface area contributed by atoms with Gasteiger partial charge in [0.25, 0.3) is 0 Å². The van der Waals surface area contributed by atoms with E-state index in [2.05, 4.69) is 19.2 Å². The van der Waals surface area contributed by atoms with Crippen LogP contribution in [0.3, 0.4) is 0 Å². The minimum atomic E-state index is -0.0238. The highest BCUT2D eigenvalue weighted by Crippen LogP contribution is 2.43. The van der Waals surface area contributed by atoms with Gasteiger partial charge in [0.2, 0.25) is 5.91 Å². The summed E-state index contributed by atoms with van der Waals surface area (Å²) in [6.07, 6.45) is 9.45. The Labute approximate surface area is 130 Å². The monoisotopic (exact) mass is 294 g/mol. The largest absolute Gasteiger partial charge is 0.341 e. The Morgan fingerprint density at radius 2 is 1.67 bits per heavy atom. The van der Waals surface area contributed by atoms with Crippen LogP contribution in [0.5, 0.6) is 0 Å². The van der Waals surface area contributed by atoms with Gasteiger partial charge in [-0.3, -0.25) is 4.79 Å². The fraction of sp³-hybridized carbons (Fsp3) is 0.944. The smallest absolute Gasteiger partial charge is 0.219 e. The molecule has 21 heavy (non-hydrogen) atoms. The van der Waals surface area contributed by atoms with Crippen molar-refractivity contribution in [3.8, 4) is 0 Å². The van der Waals surface area contributed by atoms with E-state index in [9.17, 15) is 4.79 Å². The predicted molar refractivity (Wildman–Crippen MR) is 88.2 cm³/mol. The van der Waals surface area contributed by atoms with Crippen molar-refractivity contribution in [1.29, 1.82) is 0 Å². The van der Waals surface area contributed by atoms with Gasteiger partial charge in [0, 0.05) is 19.5 Å². The Balaban J connectivity index is 2.08. The Bertz CT molecular complexity index is 341. The summed E-state index contributed by atoms with van der Waals surface area (Å²) in [5.41, 5.74) is -0.0238. The fourth-order valence-corrected chi connectivity index (χ4v) is 4.52. The maximum atomic E-state index is 11.8. The van der Waals surface area contributed by atoms with Crippen LogP contribution in [0.2, 0.25) is 0 Å². The molecule has 1 saturated heterocycles. The number of amides is 1. The highest BCUT2D eigenvalue weighted by atomic mass is 16.2. The molecule has 1 aliphatic carbocycles. The van der Waals surface area contributed by atoms with E-state index in [-0.39, 0.29) is 11.4 Å². The van der Waals surface area contributed by atoms with Gasteiger partial charge in [-0.15, -0.1) is 0 Å². The van der Waals surface area contributed by atoms with Crippen molar-refractivity contribution < 1.29 is 4.79 Å². The van der Waals surface area contributed by atoms with Crippen molar-refractivity contribution in [3.05, 3.63) is 0 Å². The molecule has 2 fully saturated rings. The van der Waals surface area contributed by atoms with E-state index in [0.717, 1.165) is 17.8 Å². The number of carbonyl (C=O) groups is 1. The molecule has 1 saturated carbocycles. The standard InChI is InChI=1S/C18H34N2O/c1-14(21)20(4)18(2,3)13-17(15-7-5-6-8-15)16-9-11-19-12-10-16/h15-17,19H,5-13H2,1-4H3. The average Bonchev–Trinajstić information content (AvgIpc) is 2.98. The molecule has 0 radical (unpaired) electrons. The van der Waals surface area contributed by atoms with Crippen molar-refractivity contribution in [1.82, 2.24) is 10.2 Å². The summed E-state index contributed by atoms with van der Waals surface area (Å²) in [6, 6.07) is 0. The molecule has 1 heterocycles. The first kappa shape index (κ1) is 16.8. The van der Waals surface area contributed by atoms with Crippen molar-refractivity contribution in [2.45, 2.75) is 71.3 Å². The fourth-order valence-electron chi connectivity index (χ4n) is 4.52. The van der Waals surface area contributed by atoms with E-state index in [4.69, 9.17) is 0 Å². The molecule has 1 unspecified atom stereocenters. The summed E-state index contributed by atoms with van der Waals surface area (Å²) in [5.74, 6) is 2.74. The van der Waals surface area contributed by atoms with Crippen molar-refractivity contribution in [2.75, 3.05) is 20.1 Å². The quantitative estimate of drug-likeness (QED) is 0.842. The van der Waals surface area contributed by atoms with Gasteiger partial charge in [0.05, 0.1) is 0 Å². The highest BCUT2D eigenvalue weighted by Gasteiger charge is 2.38. The first-order chi connectivity index (χ1) is 9.92. The number of hydrogen-bond acceptors (Lipinski definition) is 2. The van der Waals surface area contributed by atoms with E-state index in [1.165, 1.54) is 58.0 Å². The molecule has 122 valence electrons. The molecular weight excluding hydrogens is 260 g/mol. The number of hydrogen-bond donors (Lipinski definition) is 1. The lowest BCUT2D eigenvalue weighted by Gasteiger charge is -2.43. The molecule has 1 aliphatic heterocycles. The van der Waals surface area contributed by atoms with Gasteiger partial charge in [-0.25, -0.2) is 0 Å². The molecule has 2 rings (SSSR count). The molecule has 3 nitrogen and oxygen atoms in total. The summed E-state index contributed by atoms with van der Waals surface area (Å²) in [5, 5.41) is 3.50. The first-order valence-electron chi connectivity index (χ1n) is 8.87. The van der Waals surface area contributed by atoms with E-state index in [0.29, 0.717) is 0 Å². The number of carbonyl (C=O) groups excluding carboxylic acids is 1. The van der Waals surface area contributed by atoms with Gasteiger partial charge in [-0.05, 0) is 64.0 Å². The summed E-state index contributed by atoms with van der Waals surface area (Å²) < 4.78 is 0. The number of piperidine rings is 1. The number of nitrogens with zero attached hydrogens (tertiary/aromatic N) is 1. The highest BCUT2D eigenvalue weighted by molar-refractivity contribution is 5.73. The maximum absolute atomic E-state index is 11.8. The second kappa shape index (κ2) is 7.13. The normalized spacial score (nSPS) is 23.2. The van der Waals surface area contributed by atoms with E-state index in [1.54, 1.807) is 6.92 Å². The van der Waals surface area contributed by atoms with E-state index < -0.39 is 0 Å². The lowest BCUT2D eigenvalue weighted by Crippen LogP contribution is -2.47. The van der Waals surface area contributed by atoms with E-state index in [1.807, 2.05) is 11.9 Å². The minimum absolute atomic E-state index is 0.0238. The van der Waals surface area contributed by atoms with Crippen LogP contribution in [0.15, 0.2) is 0 Å². The van der Waals surface area contributed by atoms with Crippen LogP contribution < -0.4 is 5.32 Å². The van der Waals surface area contributed by atoms with Gasteiger partial charge < -0.3 is 10.2 Å². The third-order valence-electron chi connectivity index (χ3n) is 6.11. The molecule has 3 heteroatoms. The van der Waals surface area contributed by atoms with Gasteiger partial charge in [-0.2, -0.15) is 0 Å². The second-order valence-corrected chi connectivity index (χ2v) is 7.89. The van der Waals surface area contributed by atoms with Gasteiger partial charge in [-0.1, -0.05) is 25.7 Å². The van der Waals surface area contributed by atoms with Gasteiger partial charge in [0.1, 0.15) is 0 Å². The lowest BCUT2D eigenvalue weighted by atomic mass is 9.70. The zero-order chi connectivity index (χ0) is 15.5. The van der Waals surface area contributed by atoms with Crippen molar-refractivity contribution in [3.63, 3.8) is 0 Å². The average molecular weight is 294 g/mol. The van der Waals surface area contributed by atoms with Crippen molar-refractivity contribution in [2.24, 2.45) is 17.8 Å². The SMILES string of the molecule is CC(=O)N(C)C(C)(C)CC(C1CCCC1)C1CCNCC1. The molecule has 0 spiro atoms. The zero-order valence-corrected chi connectivity index (χ0v) is 14.5. The van der Waals surface area contributed by atoms with Crippen LogP contribution in [-0.2, 0) is 4.79 Å². The summed E-state index contributed by atoms with van der Waals surface area (Å²) >= 11 is 0. The summed E-state index contributed by atoms with van der Waals surface area (Å²) in [6.45, 7) is 8.54. The summed E-state index contributed by atoms with van der Waals surface area (Å²) in [4.78, 5) is 13.7.